The Morgan fingerprint density at radius 3 is 2.72 bits per heavy atom. The summed E-state index contributed by atoms with van der Waals surface area (Å²) in [6, 6.07) is 8.77. The molecule has 0 saturated heterocycles. The first-order valence-corrected chi connectivity index (χ1v) is 10.5. The third kappa shape index (κ3) is 4.24. The average Bonchev–Trinajstić information content (AvgIpc) is 2.63. The maximum atomic E-state index is 13.6. The molecule has 1 aliphatic rings. The molecule has 0 saturated carbocycles. The fourth-order valence-corrected chi connectivity index (χ4v) is 5.65. The summed E-state index contributed by atoms with van der Waals surface area (Å²) in [6.45, 7) is 6.05. The Morgan fingerprint density at radius 1 is 1.28 bits per heavy atom. The summed E-state index contributed by atoms with van der Waals surface area (Å²) >= 11 is 0. The number of ether oxygens (including phenoxy) is 1. The highest BCUT2D eigenvalue weighted by atomic mass is 32.2. The normalized spacial score (nSPS) is 21.1. The lowest BCUT2D eigenvalue weighted by atomic mass is 9.88. The average molecular weight is 361 g/mol. The molecule has 1 atom stereocenters. The first kappa shape index (κ1) is 19.5. The minimum absolute atomic E-state index is 0.379. The van der Waals surface area contributed by atoms with Crippen LogP contribution in [0.5, 0.6) is 0 Å². The predicted octanol–water partition coefficient (Wildman–Crippen LogP) is 5.22. The maximum Gasteiger partial charge on any atom is 0.191 e. The third-order valence-electron chi connectivity index (χ3n) is 4.65. The van der Waals surface area contributed by atoms with Crippen LogP contribution in [-0.4, -0.2) is 19.8 Å². The SMILES string of the molecule is C=C/C=C/CCCC1(S(=O)(=O)c2ccccc2)CCCC=C1OCC. The van der Waals surface area contributed by atoms with Crippen LogP contribution in [-0.2, 0) is 14.6 Å². The van der Waals surface area contributed by atoms with Crippen LogP contribution >= 0.6 is 0 Å². The van der Waals surface area contributed by atoms with Crippen molar-refractivity contribution in [1.82, 2.24) is 0 Å². The lowest BCUT2D eigenvalue weighted by molar-refractivity contribution is 0.181. The van der Waals surface area contributed by atoms with Crippen LogP contribution in [0.15, 0.2) is 71.9 Å². The lowest BCUT2D eigenvalue weighted by Gasteiger charge is -2.37. The Balaban J connectivity index is 2.41. The molecule has 25 heavy (non-hydrogen) atoms. The Morgan fingerprint density at radius 2 is 2.04 bits per heavy atom. The molecular formula is C21H28O3S. The molecule has 0 bridgehead atoms. The second-order valence-electron chi connectivity index (χ2n) is 6.26. The van der Waals surface area contributed by atoms with E-state index in [9.17, 15) is 8.42 Å². The van der Waals surface area contributed by atoms with Crippen LogP contribution in [0.2, 0.25) is 0 Å². The monoisotopic (exact) mass is 360 g/mol. The number of hydrogen-bond acceptors (Lipinski definition) is 3. The van der Waals surface area contributed by atoms with Gasteiger partial charge in [-0.2, -0.15) is 0 Å². The first-order valence-electron chi connectivity index (χ1n) is 8.99. The van der Waals surface area contributed by atoms with Crippen molar-refractivity contribution in [2.24, 2.45) is 0 Å². The highest BCUT2D eigenvalue weighted by molar-refractivity contribution is 7.93. The third-order valence-corrected chi connectivity index (χ3v) is 7.19. The van der Waals surface area contributed by atoms with Gasteiger partial charge in [-0.3, -0.25) is 0 Å². The van der Waals surface area contributed by atoms with Gasteiger partial charge in [0.25, 0.3) is 0 Å². The minimum Gasteiger partial charge on any atom is -0.497 e. The van der Waals surface area contributed by atoms with Gasteiger partial charge < -0.3 is 4.74 Å². The molecule has 0 spiro atoms. The van der Waals surface area contributed by atoms with E-state index < -0.39 is 14.6 Å². The Labute approximate surface area is 152 Å². The molecule has 3 nitrogen and oxygen atoms in total. The molecule has 0 aliphatic heterocycles. The van der Waals surface area contributed by atoms with Crippen molar-refractivity contribution >= 4 is 9.84 Å². The predicted molar refractivity (Wildman–Crippen MR) is 103 cm³/mol. The van der Waals surface area contributed by atoms with Gasteiger partial charge in [-0.1, -0.05) is 43.0 Å². The molecule has 136 valence electrons. The van der Waals surface area contributed by atoms with Gasteiger partial charge in [0.05, 0.1) is 11.5 Å². The molecular weight excluding hydrogens is 332 g/mol. The topological polar surface area (TPSA) is 43.4 Å². The summed E-state index contributed by atoms with van der Waals surface area (Å²) in [4.78, 5) is 0.379. The highest BCUT2D eigenvalue weighted by Crippen LogP contribution is 2.44. The highest BCUT2D eigenvalue weighted by Gasteiger charge is 2.49. The fraction of sp³-hybridized carbons (Fsp3) is 0.429. The summed E-state index contributed by atoms with van der Waals surface area (Å²) in [5.74, 6) is 0.637. The van der Waals surface area contributed by atoms with Crippen molar-refractivity contribution in [3.05, 3.63) is 67.0 Å². The molecule has 0 fully saturated rings. The van der Waals surface area contributed by atoms with E-state index in [1.54, 1.807) is 30.3 Å². The van der Waals surface area contributed by atoms with Crippen LogP contribution < -0.4 is 0 Å². The maximum absolute atomic E-state index is 13.6. The molecule has 0 N–H and O–H groups in total. The Hall–Kier alpha value is -1.81. The smallest absolute Gasteiger partial charge is 0.191 e. The molecule has 0 aromatic heterocycles. The molecule has 0 amide bonds. The zero-order valence-electron chi connectivity index (χ0n) is 15.0. The number of unbranched alkanes of at least 4 members (excludes halogenated alkanes) is 1. The second-order valence-corrected chi connectivity index (χ2v) is 8.52. The lowest BCUT2D eigenvalue weighted by Crippen LogP contribution is -2.43. The van der Waals surface area contributed by atoms with E-state index in [1.807, 2.05) is 31.2 Å². The van der Waals surface area contributed by atoms with Crippen LogP contribution in [0, 0.1) is 0 Å². The van der Waals surface area contributed by atoms with Crippen LogP contribution in [0.1, 0.15) is 45.4 Å². The van der Waals surface area contributed by atoms with Crippen molar-refractivity contribution in [3.63, 3.8) is 0 Å². The summed E-state index contributed by atoms with van der Waals surface area (Å²) in [7, 11) is -3.53. The van der Waals surface area contributed by atoms with Crippen LogP contribution in [0.3, 0.4) is 0 Å². The zero-order valence-corrected chi connectivity index (χ0v) is 15.8. The van der Waals surface area contributed by atoms with Gasteiger partial charge >= 0.3 is 0 Å². The van der Waals surface area contributed by atoms with E-state index >= 15 is 0 Å². The number of hydrogen-bond donors (Lipinski definition) is 0. The van der Waals surface area contributed by atoms with Crippen molar-refractivity contribution in [3.8, 4) is 0 Å². The van der Waals surface area contributed by atoms with Gasteiger partial charge in [-0.15, -0.1) is 0 Å². The quantitative estimate of drug-likeness (QED) is 0.448. The molecule has 1 aromatic rings. The van der Waals surface area contributed by atoms with E-state index in [4.69, 9.17) is 4.74 Å². The van der Waals surface area contributed by atoms with E-state index in [0.29, 0.717) is 30.1 Å². The molecule has 4 heteroatoms. The largest absolute Gasteiger partial charge is 0.497 e. The van der Waals surface area contributed by atoms with E-state index in [1.165, 1.54) is 0 Å². The van der Waals surface area contributed by atoms with Crippen molar-refractivity contribution in [1.29, 1.82) is 0 Å². The van der Waals surface area contributed by atoms with Gasteiger partial charge in [0.2, 0.25) is 0 Å². The van der Waals surface area contributed by atoms with E-state index in [-0.39, 0.29) is 0 Å². The second kappa shape index (κ2) is 9.04. The van der Waals surface area contributed by atoms with Crippen LogP contribution in [0.25, 0.3) is 0 Å². The number of allylic oxidation sites excluding steroid dienone is 4. The summed E-state index contributed by atoms with van der Waals surface area (Å²) in [5, 5.41) is 0. The van der Waals surface area contributed by atoms with Gasteiger partial charge in [-0.05, 0) is 63.7 Å². The van der Waals surface area contributed by atoms with Crippen molar-refractivity contribution in [2.45, 2.75) is 55.1 Å². The molecule has 1 unspecified atom stereocenters. The standard InChI is InChI=1S/C21H28O3S/c1-3-5-6-7-12-17-21(18-13-11-16-20(21)24-4-2)25(22,23)19-14-9-8-10-15-19/h3,5-6,8-10,14-16H,1,4,7,11-13,17-18H2,2H3/b6-5+. The molecule has 0 heterocycles. The summed E-state index contributed by atoms with van der Waals surface area (Å²) in [6.07, 6.45) is 12.2. The van der Waals surface area contributed by atoms with E-state index in [0.717, 1.165) is 25.7 Å². The molecule has 1 aromatic carbocycles. The zero-order chi connectivity index (χ0) is 18.2. The molecule has 2 rings (SSSR count). The Kier molecular flexibility index (Phi) is 7.06. The van der Waals surface area contributed by atoms with Gasteiger partial charge in [-0.25, -0.2) is 8.42 Å². The van der Waals surface area contributed by atoms with E-state index in [2.05, 4.69) is 6.58 Å². The van der Waals surface area contributed by atoms with Gasteiger partial charge in [0.1, 0.15) is 10.5 Å². The number of sulfone groups is 1. The van der Waals surface area contributed by atoms with Crippen molar-refractivity contribution < 1.29 is 13.2 Å². The van der Waals surface area contributed by atoms with Crippen molar-refractivity contribution in [2.75, 3.05) is 6.61 Å². The number of benzene rings is 1. The summed E-state index contributed by atoms with van der Waals surface area (Å²) < 4.78 is 32.0. The van der Waals surface area contributed by atoms with Gasteiger partial charge in [0, 0.05) is 0 Å². The summed E-state index contributed by atoms with van der Waals surface area (Å²) in [5.41, 5.74) is 0. The number of rotatable bonds is 9. The first-order chi connectivity index (χ1) is 12.1. The molecule has 0 radical (unpaired) electrons. The minimum atomic E-state index is -3.53. The van der Waals surface area contributed by atoms with Crippen LogP contribution in [0.4, 0.5) is 0 Å². The molecule has 1 aliphatic carbocycles. The Bertz CT molecular complexity index is 717. The van der Waals surface area contributed by atoms with Gasteiger partial charge in [0.15, 0.2) is 9.84 Å². The fourth-order valence-electron chi connectivity index (χ4n) is 3.45.